The van der Waals surface area contributed by atoms with E-state index >= 15 is 0 Å². The topological polar surface area (TPSA) is 100 Å². The smallest absolute Gasteiger partial charge is 0.335 e. The van der Waals surface area contributed by atoms with Gasteiger partial charge in [-0.25, -0.2) is 4.79 Å². The van der Waals surface area contributed by atoms with Gasteiger partial charge in [-0.2, -0.15) is 0 Å². The van der Waals surface area contributed by atoms with Crippen LogP contribution in [0.2, 0.25) is 0 Å². The number of benzene rings is 4. The number of likely N-dealkylation sites (tertiary alicyclic amines) is 1. The first kappa shape index (κ1) is 39.4. The minimum absolute atomic E-state index is 0.0281. The normalized spacial score (nSPS) is 13.9. The lowest BCUT2D eigenvalue weighted by molar-refractivity contribution is -0.131. The maximum Gasteiger partial charge on any atom is 0.335 e. The molecule has 0 spiro atoms. The van der Waals surface area contributed by atoms with E-state index in [1.165, 1.54) is 23.3 Å². The summed E-state index contributed by atoms with van der Waals surface area (Å²) in [5, 5.41) is 15.9. The van der Waals surface area contributed by atoms with Crippen molar-refractivity contribution in [3.63, 3.8) is 0 Å². The van der Waals surface area contributed by atoms with Gasteiger partial charge in [0.25, 0.3) is 0 Å². The van der Waals surface area contributed by atoms with Crippen LogP contribution in [0.5, 0.6) is 5.75 Å². The second kappa shape index (κ2) is 21.1. The van der Waals surface area contributed by atoms with E-state index in [9.17, 15) is 14.7 Å². The standard InChI is InChI=1S/C32H37N3O4.C8H10O.C2H6/c1-4-22(2)29-12-5-6-13-30(29)34-23(3)33-26-16-14-24(15-17-26)19-31(36)35-18-8-10-27(35)21-39-28-11-7-9-25(20-28)32(37)38;1-9-7-8-5-3-2-4-6-8;1-2/h5-7,9,11-17,20,22,27,33-34H,3-4,8,10,18-19,21H2,1-2H3,(H,37,38);2-6H,7H2,1H3;1-2H3. The van der Waals surface area contributed by atoms with Gasteiger partial charge in [-0.1, -0.05) is 101 Å². The van der Waals surface area contributed by atoms with Crippen molar-refractivity contribution in [1.29, 1.82) is 0 Å². The van der Waals surface area contributed by atoms with Crippen molar-refractivity contribution in [3.8, 4) is 5.75 Å². The summed E-state index contributed by atoms with van der Waals surface area (Å²) in [6.45, 7) is 14.3. The molecule has 266 valence electrons. The molecule has 3 N–H and O–H groups in total. The zero-order chi connectivity index (χ0) is 36.3. The molecule has 1 aliphatic heterocycles. The van der Waals surface area contributed by atoms with E-state index in [1.54, 1.807) is 19.2 Å². The van der Waals surface area contributed by atoms with Crippen LogP contribution in [-0.4, -0.2) is 48.2 Å². The number of hydrogen-bond donors (Lipinski definition) is 3. The van der Waals surface area contributed by atoms with Crippen LogP contribution < -0.4 is 15.4 Å². The summed E-state index contributed by atoms with van der Waals surface area (Å²) in [6.07, 6.45) is 3.16. The second-order valence-electron chi connectivity index (χ2n) is 11.9. The highest BCUT2D eigenvalue weighted by atomic mass is 16.5. The Balaban J connectivity index is 0.000000528. The van der Waals surface area contributed by atoms with E-state index in [-0.39, 0.29) is 17.5 Å². The van der Waals surface area contributed by atoms with Crippen molar-refractivity contribution < 1.29 is 24.2 Å². The highest BCUT2D eigenvalue weighted by Gasteiger charge is 2.29. The van der Waals surface area contributed by atoms with Crippen molar-refractivity contribution in [2.24, 2.45) is 0 Å². The van der Waals surface area contributed by atoms with Gasteiger partial charge in [-0.05, 0) is 78.3 Å². The Morgan fingerprint density at radius 1 is 0.920 bits per heavy atom. The number of carboxylic acid groups (broad SMARTS) is 1. The molecular formula is C42H53N3O5. The van der Waals surface area contributed by atoms with Gasteiger partial charge < -0.3 is 30.1 Å². The molecule has 0 radical (unpaired) electrons. The van der Waals surface area contributed by atoms with Gasteiger partial charge in [-0.3, -0.25) is 4.79 Å². The Labute approximate surface area is 298 Å². The highest BCUT2D eigenvalue weighted by Crippen LogP contribution is 2.28. The first-order chi connectivity index (χ1) is 24.3. The van der Waals surface area contributed by atoms with Crippen LogP contribution in [0.25, 0.3) is 0 Å². The fraction of sp³-hybridized carbons (Fsp3) is 0.333. The zero-order valence-corrected chi connectivity index (χ0v) is 30.2. The third kappa shape index (κ3) is 12.4. The second-order valence-corrected chi connectivity index (χ2v) is 11.9. The number of aromatic carboxylic acids is 1. The summed E-state index contributed by atoms with van der Waals surface area (Å²) >= 11 is 0. The highest BCUT2D eigenvalue weighted by molar-refractivity contribution is 5.88. The molecule has 1 aliphatic rings. The Bertz CT molecular complexity index is 1620. The van der Waals surface area contributed by atoms with E-state index in [2.05, 4.69) is 49.3 Å². The SMILES string of the molecule is C=C(Nc1ccc(CC(=O)N2CCCC2COc2cccc(C(=O)O)c2)cc1)Nc1ccccc1C(C)CC.CC.COCc1ccccc1. The van der Waals surface area contributed by atoms with Gasteiger partial charge in [0.15, 0.2) is 0 Å². The van der Waals surface area contributed by atoms with Crippen LogP contribution in [-0.2, 0) is 22.6 Å². The van der Waals surface area contributed by atoms with E-state index < -0.39 is 5.97 Å². The molecule has 50 heavy (non-hydrogen) atoms. The minimum Gasteiger partial charge on any atom is -0.491 e. The van der Waals surface area contributed by atoms with Gasteiger partial charge in [0.05, 0.1) is 24.6 Å². The molecule has 0 saturated carbocycles. The molecule has 2 unspecified atom stereocenters. The van der Waals surface area contributed by atoms with Crippen LogP contribution in [0.3, 0.4) is 0 Å². The van der Waals surface area contributed by atoms with Crippen molar-refractivity contribution in [3.05, 3.63) is 138 Å². The number of hydrogen-bond acceptors (Lipinski definition) is 6. The molecule has 0 aliphatic carbocycles. The number of amides is 1. The summed E-state index contributed by atoms with van der Waals surface area (Å²) in [7, 11) is 1.70. The summed E-state index contributed by atoms with van der Waals surface area (Å²) in [6, 6.07) is 32.6. The van der Waals surface area contributed by atoms with E-state index in [0.717, 1.165) is 36.2 Å². The zero-order valence-electron chi connectivity index (χ0n) is 30.2. The first-order valence-electron chi connectivity index (χ1n) is 17.5. The van der Waals surface area contributed by atoms with Crippen molar-refractivity contribution >= 4 is 23.3 Å². The number of methoxy groups -OCH3 is 1. The molecule has 4 aromatic carbocycles. The quantitative estimate of drug-likeness (QED) is 0.122. The number of carboxylic acids is 1. The van der Waals surface area contributed by atoms with E-state index in [4.69, 9.17) is 9.47 Å². The number of nitrogens with zero attached hydrogens (tertiary/aromatic N) is 1. The number of ether oxygens (including phenoxy) is 2. The maximum absolute atomic E-state index is 13.1. The van der Waals surface area contributed by atoms with Crippen LogP contribution in [0.4, 0.5) is 11.4 Å². The van der Waals surface area contributed by atoms with Gasteiger partial charge in [0, 0.05) is 25.0 Å². The first-order valence-corrected chi connectivity index (χ1v) is 17.5. The molecule has 8 heteroatoms. The Hall–Kier alpha value is -5.08. The van der Waals surface area contributed by atoms with Gasteiger partial charge in [0.2, 0.25) is 5.91 Å². The maximum atomic E-state index is 13.1. The molecule has 1 saturated heterocycles. The van der Waals surface area contributed by atoms with Crippen LogP contribution in [0, 0.1) is 0 Å². The Morgan fingerprint density at radius 3 is 2.30 bits per heavy atom. The van der Waals surface area contributed by atoms with Gasteiger partial charge in [-0.15, -0.1) is 0 Å². The average molecular weight is 680 g/mol. The third-order valence-electron chi connectivity index (χ3n) is 8.37. The summed E-state index contributed by atoms with van der Waals surface area (Å²) in [4.78, 5) is 26.2. The molecule has 5 rings (SSSR count). The van der Waals surface area contributed by atoms with Crippen LogP contribution >= 0.6 is 0 Å². The molecule has 1 amide bonds. The Kier molecular flexibility index (Phi) is 16.6. The third-order valence-corrected chi connectivity index (χ3v) is 8.37. The predicted molar refractivity (Wildman–Crippen MR) is 204 cm³/mol. The number of para-hydroxylation sites is 1. The van der Waals surface area contributed by atoms with Crippen molar-refractivity contribution in [2.75, 3.05) is 30.9 Å². The number of carbonyl (C=O) groups excluding carboxylic acids is 1. The molecule has 4 aromatic rings. The fourth-order valence-electron chi connectivity index (χ4n) is 5.60. The minimum atomic E-state index is -0.994. The van der Waals surface area contributed by atoms with Crippen LogP contribution in [0.1, 0.15) is 79.9 Å². The van der Waals surface area contributed by atoms with E-state index in [0.29, 0.717) is 43.7 Å². The summed E-state index contributed by atoms with van der Waals surface area (Å²) in [5.41, 5.74) is 5.54. The Morgan fingerprint density at radius 2 is 1.62 bits per heavy atom. The number of nitrogens with one attached hydrogen (secondary N) is 2. The molecule has 1 heterocycles. The molecule has 8 nitrogen and oxygen atoms in total. The number of rotatable bonds is 14. The predicted octanol–water partition coefficient (Wildman–Crippen LogP) is 9.37. The van der Waals surface area contributed by atoms with Crippen molar-refractivity contribution in [1.82, 2.24) is 4.90 Å². The molecule has 0 aromatic heterocycles. The lowest BCUT2D eigenvalue weighted by Crippen LogP contribution is -2.39. The summed E-state index contributed by atoms with van der Waals surface area (Å²) in [5.74, 6) is 0.698. The van der Waals surface area contributed by atoms with Crippen molar-refractivity contribution in [2.45, 2.75) is 71.9 Å². The van der Waals surface area contributed by atoms with Gasteiger partial charge >= 0.3 is 5.97 Å². The summed E-state index contributed by atoms with van der Waals surface area (Å²) < 4.78 is 10.8. The lowest BCUT2D eigenvalue weighted by atomic mass is 9.97. The molecule has 1 fully saturated rings. The number of carbonyl (C=O) groups is 2. The fourth-order valence-corrected chi connectivity index (χ4v) is 5.60. The molecular weight excluding hydrogens is 626 g/mol. The number of anilines is 2. The molecule has 0 bridgehead atoms. The molecule has 2 atom stereocenters. The lowest BCUT2D eigenvalue weighted by Gasteiger charge is -2.25. The largest absolute Gasteiger partial charge is 0.491 e. The van der Waals surface area contributed by atoms with E-state index in [1.807, 2.05) is 79.4 Å². The monoisotopic (exact) mass is 679 g/mol. The van der Waals surface area contributed by atoms with Crippen LogP contribution in [0.15, 0.2) is 116 Å². The van der Waals surface area contributed by atoms with Gasteiger partial charge in [0.1, 0.15) is 18.2 Å². The average Bonchev–Trinajstić information content (AvgIpc) is 3.62.